The molecular formula is C12H12BrF2NO2. The Bertz CT molecular complexity index is 499. The summed E-state index contributed by atoms with van der Waals surface area (Å²) in [6.45, 7) is 2.70. The van der Waals surface area contributed by atoms with E-state index in [2.05, 4.69) is 21.4 Å². The lowest BCUT2D eigenvalue weighted by molar-refractivity contribution is 0.00701. The summed E-state index contributed by atoms with van der Waals surface area (Å²) in [6, 6.07) is 2.34. The van der Waals surface area contributed by atoms with Crippen molar-refractivity contribution in [2.75, 3.05) is 13.2 Å². The summed E-state index contributed by atoms with van der Waals surface area (Å²) in [5.41, 5.74) is 2.51. The van der Waals surface area contributed by atoms with Crippen LogP contribution in [0.15, 0.2) is 16.6 Å². The quantitative estimate of drug-likeness (QED) is 0.807. The van der Waals surface area contributed by atoms with E-state index in [0.717, 1.165) is 6.07 Å². The Morgan fingerprint density at radius 2 is 2.17 bits per heavy atom. The molecule has 0 bridgehead atoms. The Labute approximate surface area is 112 Å². The zero-order valence-electron chi connectivity index (χ0n) is 9.67. The lowest BCUT2D eigenvalue weighted by Crippen LogP contribution is -2.43. The van der Waals surface area contributed by atoms with Crippen LogP contribution in [0.3, 0.4) is 0 Å². The van der Waals surface area contributed by atoms with Crippen molar-refractivity contribution < 1.29 is 18.4 Å². The average Bonchev–Trinajstić information content (AvgIpc) is 2.86. The van der Waals surface area contributed by atoms with Crippen LogP contribution in [0.4, 0.5) is 8.78 Å². The minimum atomic E-state index is -0.722. The van der Waals surface area contributed by atoms with Crippen LogP contribution < -0.4 is 5.48 Å². The Kier molecular flexibility index (Phi) is 2.93. The molecule has 1 aromatic carbocycles. The summed E-state index contributed by atoms with van der Waals surface area (Å²) in [7, 11) is 0. The van der Waals surface area contributed by atoms with Crippen molar-refractivity contribution in [3.8, 4) is 0 Å². The maximum Gasteiger partial charge on any atom is 0.140 e. The van der Waals surface area contributed by atoms with Crippen molar-refractivity contribution in [3.63, 3.8) is 0 Å². The van der Waals surface area contributed by atoms with Gasteiger partial charge in [0.1, 0.15) is 17.2 Å². The first-order valence-electron chi connectivity index (χ1n) is 5.70. The van der Waals surface area contributed by atoms with Crippen LogP contribution in [0.5, 0.6) is 0 Å². The van der Waals surface area contributed by atoms with Gasteiger partial charge < -0.3 is 9.57 Å². The van der Waals surface area contributed by atoms with E-state index < -0.39 is 17.2 Å². The van der Waals surface area contributed by atoms with Crippen molar-refractivity contribution in [2.45, 2.75) is 18.6 Å². The van der Waals surface area contributed by atoms with Crippen molar-refractivity contribution in [3.05, 3.63) is 33.8 Å². The molecular weight excluding hydrogens is 308 g/mol. The normalized spacial score (nSPS) is 34.9. The van der Waals surface area contributed by atoms with E-state index in [4.69, 9.17) is 9.57 Å². The maximum atomic E-state index is 14.0. The Balaban J connectivity index is 2.12. The number of nitrogens with one attached hydrogen (secondary N) is 1. The molecule has 3 atom stereocenters. The molecule has 1 aromatic rings. The second-order valence-corrected chi connectivity index (χ2v) is 5.61. The van der Waals surface area contributed by atoms with Crippen molar-refractivity contribution in [1.29, 1.82) is 0 Å². The zero-order chi connectivity index (χ0) is 12.9. The third kappa shape index (κ3) is 1.63. The fourth-order valence-corrected chi connectivity index (χ4v) is 3.07. The van der Waals surface area contributed by atoms with Gasteiger partial charge in [-0.1, -0.05) is 0 Å². The topological polar surface area (TPSA) is 30.5 Å². The highest BCUT2D eigenvalue weighted by Gasteiger charge is 2.54. The number of hydrogen-bond donors (Lipinski definition) is 1. The van der Waals surface area contributed by atoms with Crippen LogP contribution in [0.1, 0.15) is 12.5 Å². The third-order valence-corrected chi connectivity index (χ3v) is 4.39. The molecule has 2 fully saturated rings. The number of fused-ring (bicyclic) bond motifs is 1. The van der Waals surface area contributed by atoms with E-state index in [9.17, 15) is 8.78 Å². The first kappa shape index (κ1) is 12.5. The monoisotopic (exact) mass is 319 g/mol. The molecule has 2 aliphatic rings. The van der Waals surface area contributed by atoms with Gasteiger partial charge in [-0.2, -0.15) is 5.48 Å². The number of hydrogen-bond acceptors (Lipinski definition) is 3. The van der Waals surface area contributed by atoms with Crippen molar-refractivity contribution >= 4 is 15.9 Å². The van der Waals surface area contributed by atoms with Crippen LogP contribution in [0, 0.1) is 17.6 Å². The number of rotatable bonds is 1. The molecule has 98 valence electrons. The lowest BCUT2D eigenvalue weighted by atomic mass is 9.80. The van der Waals surface area contributed by atoms with Gasteiger partial charge in [-0.25, -0.2) is 8.78 Å². The van der Waals surface area contributed by atoms with Crippen molar-refractivity contribution in [2.24, 2.45) is 5.92 Å². The Morgan fingerprint density at radius 3 is 2.94 bits per heavy atom. The molecule has 0 aromatic heterocycles. The lowest BCUT2D eigenvalue weighted by Gasteiger charge is -2.27. The van der Waals surface area contributed by atoms with Gasteiger partial charge >= 0.3 is 0 Å². The first-order valence-corrected chi connectivity index (χ1v) is 6.49. The van der Waals surface area contributed by atoms with Crippen LogP contribution in [-0.4, -0.2) is 19.3 Å². The number of hydroxylamine groups is 1. The van der Waals surface area contributed by atoms with E-state index in [1.54, 1.807) is 0 Å². The van der Waals surface area contributed by atoms with Gasteiger partial charge in [0.25, 0.3) is 0 Å². The van der Waals surface area contributed by atoms with Crippen LogP contribution >= 0.6 is 15.9 Å². The molecule has 0 spiro atoms. The van der Waals surface area contributed by atoms with Crippen LogP contribution in [0.2, 0.25) is 0 Å². The molecule has 2 heterocycles. The predicted octanol–water partition coefficient (Wildman–Crippen LogP) is 2.49. The summed E-state index contributed by atoms with van der Waals surface area (Å²) >= 11 is 3.09. The molecule has 3 rings (SSSR count). The van der Waals surface area contributed by atoms with Gasteiger partial charge in [-0.3, -0.25) is 0 Å². The number of benzene rings is 1. The van der Waals surface area contributed by atoms with Gasteiger partial charge in [0, 0.05) is 17.5 Å². The van der Waals surface area contributed by atoms with E-state index in [0.29, 0.717) is 18.8 Å². The van der Waals surface area contributed by atoms with Gasteiger partial charge in [-0.15, -0.1) is 0 Å². The fraction of sp³-hybridized carbons (Fsp3) is 0.500. The highest BCUT2D eigenvalue weighted by molar-refractivity contribution is 9.10. The van der Waals surface area contributed by atoms with Gasteiger partial charge in [-0.05, 0) is 28.9 Å². The molecule has 0 amide bonds. The largest absolute Gasteiger partial charge is 0.376 e. The summed E-state index contributed by atoms with van der Waals surface area (Å²) in [5, 5.41) is 0. The standard InChI is InChI=1S/C12H12BrF2NO2/c1-6-8-4-18-16-12(8,5-17-6)7-2-9(13)11(15)3-10(7)14/h2-3,6,8,16H,4-5H2,1H3/t6-,8-,12-/m1/s1. The van der Waals surface area contributed by atoms with Gasteiger partial charge in [0.15, 0.2) is 0 Å². The molecule has 0 unspecified atom stereocenters. The van der Waals surface area contributed by atoms with Crippen LogP contribution in [0.25, 0.3) is 0 Å². The highest BCUT2D eigenvalue weighted by atomic mass is 79.9. The van der Waals surface area contributed by atoms with E-state index >= 15 is 0 Å². The third-order valence-electron chi connectivity index (χ3n) is 3.78. The molecule has 0 radical (unpaired) electrons. The Hall–Kier alpha value is -0.560. The van der Waals surface area contributed by atoms with E-state index in [1.165, 1.54) is 6.07 Å². The molecule has 6 heteroatoms. The summed E-state index contributed by atoms with van der Waals surface area (Å²) < 4.78 is 33.1. The van der Waals surface area contributed by atoms with Gasteiger partial charge in [0.2, 0.25) is 0 Å². The zero-order valence-corrected chi connectivity index (χ0v) is 11.3. The molecule has 0 aliphatic carbocycles. The fourth-order valence-electron chi connectivity index (χ4n) is 2.73. The van der Waals surface area contributed by atoms with Crippen molar-refractivity contribution in [1.82, 2.24) is 5.48 Å². The van der Waals surface area contributed by atoms with Crippen LogP contribution in [-0.2, 0) is 15.1 Å². The SMILES string of the molecule is C[C@H]1OC[C@]2(c3cc(Br)c(F)cc3F)NOC[C@H]12. The Morgan fingerprint density at radius 1 is 1.39 bits per heavy atom. The molecule has 1 N–H and O–H groups in total. The highest BCUT2D eigenvalue weighted by Crippen LogP contribution is 2.44. The predicted molar refractivity (Wildman–Crippen MR) is 63.7 cm³/mol. The summed E-state index contributed by atoms with van der Waals surface area (Å²) in [6.07, 6.45) is -0.0248. The molecule has 2 aliphatic heterocycles. The molecule has 18 heavy (non-hydrogen) atoms. The van der Waals surface area contributed by atoms with E-state index in [1.807, 2.05) is 6.92 Å². The molecule has 2 saturated heterocycles. The maximum absolute atomic E-state index is 14.0. The number of halogens is 3. The second kappa shape index (κ2) is 4.23. The molecule has 0 saturated carbocycles. The minimum Gasteiger partial charge on any atom is -0.376 e. The summed E-state index contributed by atoms with van der Waals surface area (Å²) in [4.78, 5) is 5.26. The molecule has 3 nitrogen and oxygen atoms in total. The van der Waals surface area contributed by atoms with Gasteiger partial charge in [0.05, 0.1) is 23.8 Å². The average molecular weight is 320 g/mol. The second-order valence-electron chi connectivity index (χ2n) is 4.75. The smallest absolute Gasteiger partial charge is 0.140 e. The first-order chi connectivity index (χ1) is 8.54. The number of ether oxygens (including phenoxy) is 1. The minimum absolute atomic E-state index is 0.0179. The van der Waals surface area contributed by atoms with E-state index in [-0.39, 0.29) is 16.5 Å². The summed E-state index contributed by atoms with van der Waals surface area (Å²) in [5.74, 6) is -1.18.